The standard InChI is InChI=1S/C13H19NO2/c1-9(2)12(8-15)14-13(16)11-7-5-4-6-10(11)3/h4-7,9,12,15H,8H2,1-3H3,(H,14,16)/t12-/m1/s1. The Labute approximate surface area is 96.5 Å². The predicted molar refractivity (Wildman–Crippen MR) is 64.4 cm³/mol. The van der Waals surface area contributed by atoms with Crippen LogP contribution in [0.1, 0.15) is 29.8 Å². The van der Waals surface area contributed by atoms with Gasteiger partial charge in [0.25, 0.3) is 5.91 Å². The Morgan fingerprint density at radius 1 is 1.38 bits per heavy atom. The highest BCUT2D eigenvalue weighted by Gasteiger charge is 2.16. The lowest BCUT2D eigenvalue weighted by Gasteiger charge is -2.20. The molecule has 0 radical (unpaired) electrons. The zero-order valence-electron chi connectivity index (χ0n) is 10.0. The number of hydrogen-bond acceptors (Lipinski definition) is 2. The molecule has 1 aromatic carbocycles. The minimum Gasteiger partial charge on any atom is -0.394 e. The Morgan fingerprint density at radius 3 is 2.50 bits per heavy atom. The summed E-state index contributed by atoms with van der Waals surface area (Å²) >= 11 is 0. The summed E-state index contributed by atoms with van der Waals surface area (Å²) < 4.78 is 0. The number of rotatable bonds is 4. The van der Waals surface area contributed by atoms with Crippen molar-refractivity contribution in [2.75, 3.05) is 6.61 Å². The Hall–Kier alpha value is -1.35. The van der Waals surface area contributed by atoms with Gasteiger partial charge in [-0.15, -0.1) is 0 Å². The van der Waals surface area contributed by atoms with Crippen LogP contribution < -0.4 is 5.32 Å². The number of carbonyl (C=O) groups excluding carboxylic acids is 1. The molecule has 0 unspecified atom stereocenters. The number of amides is 1. The minimum absolute atomic E-state index is 0.0325. The van der Waals surface area contributed by atoms with Crippen LogP contribution in [0, 0.1) is 12.8 Å². The van der Waals surface area contributed by atoms with Gasteiger partial charge in [-0.1, -0.05) is 32.0 Å². The van der Waals surface area contributed by atoms with Gasteiger partial charge in [-0.05, 0) is 24.5 Å². The Morgan fingerprint density at radius 2 is 2.00 bits per heavy atom. The first-order valence-corrected chi connectivity index (χ1v) is 5.53. The van der Waals surface area contributed by atoms with Crippen LogP contribution in [-0.4, -0.2) is 23.7 Å². The minimum atomic E-state index is -0.188. The van der Waals surface area contributed by atoms with Gasteiger partial charge in [0.1, 0.15) is 0 Å². The van der Waals surface area contributed by atoms with Crippen molar-refractivity contribution in [2.45, 2.75) is 26.8 Å². The van der Waals surface area contributed by atoms with Gasteiger partial charge in [-0.2, -0.15) is 0 Å². The molecule has 0 spiro atoms. The average molecular weight is 221 g/mol. The van der Waals surface area contributed by atoms with E-state index in [-0.39, 0.29) is 24.5 Å². The van der Waals surface area contributed by atoms with E-state index in [9.17, 15) is 4.79 Å². The molecule has 3 heteroatoms. The van der Waals surface area contributed by atoms with Crippen LogP contribution in [0.5, 0.6) is 0 Å². The molecule has 1 aromatic rings. The molecule has 1 atom stereocenters. The topological polar surface area (TPSA) is 49.3 Å². The molecular weight excluding hydrogens is 202 g/mol. The summed E-state index contributed by atoms with van der Waals surface area (Å²) in [5.74, 6) is 0.101. The van der Waals surface area contributed by atoms with Crippen molar-refractivity contribution in [3.63, 3.8) is 0 Å². The van der Waals surface area contributed by atoms with E-state index in [1.165, 1.54) is 0 Å². The molecule has 0 saturated carbocycles. The highest BCUT2D eigenvalue weighted by molar-refractivity contribution is 5.95. The third-order valence-corrected chi connectivity index (χ3v) is 2.71. The first kappa shape index (κ1) is 12.7. The van der Waals surface area contributed by atoms with Crippen LogP contribution in [0.15, 0.2) is 24.3 Å². The van der Waals surface area contributed by atoms with E-state index >= 15 is 0 Å². The van der Waals surface area contributed by atoms with E-state index in [2.05, 4.69) is 5.32 Å². The molecule has 0 aliphatic rings. The largest absolute Gasteiger partial charge is 0.394 e. The zero-order valence-corrected chi connectivity index (χ0v) is 10.0. The summed E-state index contributed by atoms with van der Waals surface area (Å²) in [7, 11) is 0. The molecule has 0 aromatic heterocycles. The molecule has 88 valence electrons. The number of aliphatic hydroxyl groups excluding tert-OH is 1. The van der Waals surface area contributed by atoms with Crippen LogP contribution in [0.25, 0.3) is 0 Å². The molecule has 1 rings (SSSR count). The molecule has 3 nitrogen and oxygen atoms in total. The number of aryl methyl sites for hydroxylation is 1. The molecular formula is C13H19NO2. The van der Waals surface area contributed by atoms with Crippen LogP contribution in [0.2, 0.25) is 0 Å². The average Bonchev–Trinajstić information content (AvgIpc) is 2.25. The third-order valence-electron chi connectivity index (χ3n) is 2.71. The normalized spacial score (nSPS) is 12.6. The summed E-state index contributed by atoms with van der Waals surface area (Å²) in [6.45, 7) is 5.81. The maximum Gasteiger partial charge on any atom is 0.251 e. The second-order valence-corrected chi connectivity index (χ2v) is 4.32. The predicted octanol–water partition coefficient (Wildman–Crippen LogP) is 1.74. The van der Waals surface area contributed by atoms with Gasteiger partial charge in [0, 0.05) is 5.56 Å². The van der Waals surface area contributed by atoms with Gasteiger partial charge in [-0.25, -0.2) is 0 Å². The second-order valence-electron chi connectivity index (χ2n) is 4.32. The fourth-order valence-corrected chi connectivity index (χ4v) is 1.50. The Balaban J connectivity index is 2.76. The molecule has 2 N–H and O–H groups in total. The number of benzene rings is 1. The lowest BCUT2D eigenvalue weighted by atomic mass is 10.0. The summed E-state index contributed by atoms with van der Waals surface area (Å²) in [6.07, 6.45) is 0. The molecule has 16 heavy (non-hydrogen) atoms. The lowest BCUT2D eigenvalue weighted by Crippen LogP contribution is -2.41. The third kappa shape index (κ3) is 3.07. The van der Waals surface area contributed by atoms with E-state index < -0.39 is 0 Å². The van der Waals surface area contributed by atoms with Crippen molar-refractivity contribution in [3.8, 4) is 0 Å². The molecule has 0 fully saturated rings. The van der Waals surface area contributed by atoms with Crippen molar-refractivity contribution >= 4 is 5.91 Å². The molecule has 0 aliphatic heterocycles. The lowest BCUT2D eigenvalue weighted by molar-refractivity contribution is 0.0896. The number of carbonyl (C=O) groups is 1. The van der Waals surface area contributed by atoms with Crippen molar-refractivity contribution in [3.05, 3.63) is 35.4 Å². The smallest absolute Gasteiger partial charge is 0.251 e. The highest BCUT2D eigenvalue weighted by Crippen LogP contribution is 2.08. The first-order valence-electron chi connectivity index (χ1n) is 5.53. The van der Waals surface area contributed by atoms with E-state index in [4.69, 9.17) is 5.11 Å². The van der Waals surface area contributed by atoms with Gasteiger partial charge in [-0.3, -0.25) is 4.79 Å². The Kier molecular flexibility index (Phi) is 4.50. The van der Waals surface area contributed by atoms with Crippen LogP contribution >= 0.6 is 0 Å². The van der Waals surface area contributed by atoms with Gasteiger partial charge in [0.2, 0.25) is 0 Å². The van der Waals surface area contributed by atoms with E-state index in [0.29, 0.717) is 5.56 Å². The SMILES string of the molecule is Cc1ccccc1C(=O)N[C@H](CO)C(C)C. The summed E-state index contributed by atoms with van der Waals surface area (Å²) in [5.41, 5.74) is 1.61. The highest BCUT2D eigenvalue weighted by atomic mass is 16.3. The van der Waals surface area contributed by atoms with Gasteiger partial charge < -0.3 is 10.4 Å². The monoisotopic (exact) mass is 221 g/mol. The van der Waals surface area contributed by atoms with Gasteiger partial charge in [0.05, 0.1) is 12.6 Å². The van der Waals surface area contributed by atoms with E-state index in [0.717, 1.165) is 5.56 Å². The number of aliphatic hydroxyl groups is 1. The molecule has 0 saturated heterocycles. The van der Waals surface area contributed by atoms with Gasteiger partial charge >= 0.3 is 0 Å². The van der Waals surface area contributed by atoms with Gasteiger partial charge in [0.15, 0.2) is 0 Å². The van der Waals surface area contributed by atoms with Crippen LogP contribution in [0.4, 0.5) is 0 Å². The quantitative estimate of drug-likeness (QED) is 0.813. The number of hydrogen-bond donors (Lipinski definition) is 2. The maximum atomic E-state index is 11.9. The van der Waals surface area contributed by atoms with Crippen LogP contribution in [-0.2, 0) is 0 Å². The van der Waals surface area contributed by atoms with Crippen molar-refractivity contribution in [1.29, 1.82) is 0 Å². The van der Waals surface area contributed by atoms with E-state index in [1.54, 1.807) is 6.07 Å². The fraction of sp³-hybridized carbons (Fsp3) is 0.462. The Bertz CT molecular complexity index is 361. The molecule has 0 heterocycles. The van der Waals surface area contributed by atoms with E-state index in [1.807, 2.05) is 39.0 Å². The van der Waals surface area contributed by atoms with Crippen LogP contribution in [0.3, 0.4) is 0 Å². The number of nitrogens with one attached hydrogen (secondary N) is 1. The summed E-state index contributed by atoms with van der Waals surface area (Å²) in [5, 5.41) is 12.0. The zero-order chi connectivity index (χ0) is 12.1. The molecule has 1 amide bonds. The van der Waals surface area contributed by atoms with Crippen molar-refractivity contribution in [2.24, 2.45) is 5.92 Å². The maximum absolute atomic E-state index is 11.9. The second kappa shape index (κ2) is 5.66. The molecule has 0 aliphatic carbocycles. The summed E-state index contributed by atoms with van der Waals surface area (Å²) in [6, 6.07) is 7.24. The fourth-order valence-electron chi connectivity index (χ4n) is 1.50. The molecule has 0 bridgehead atoms. The first-order chi connectivity index (χ1) is 7.56. The van der Waals surface area contributed by atoms with Crippen molar-refractivity contribution < 1.29 is 9.90 Å². The van der Waals surface area contributed by atoms with Crippen molar-refractivity contribution in [1.82, 2.24) is 5.32 Å². The summed E-state index contributed by atoms with van der Waals surface area (Å²) in [4.78, 5) is 11.9.